The van der Waals surface area contributed by atoms with Crippen LogP contribution >= 0.6 is 11.3 Å². The number of carbonyl (C=O) groups excluding carboxylic acids is 1. The molecule has 102 valence electrons. The molecular formula is C14H24N2OS. The van der Waals surface area contributed by atoms with Crippen molar-refractivity contribution < 1.29 is 4.79 Å². The fourth-order valence-electron chi connectivity index (χ4n) is 1.67. The number of amides is 1. The van der Waals surface area contributed by atoms with E-state index in [4.69, 9.17) is 0 Å². The minimum absolute atomic E-state index is 0.136. The van der Waals surface area contributed by atoms with Crippen LogP contribution in [-0.2, 0) is 11.2 Å². The molecule has 1 aromatic rings. The molecule has 1 unspecified atom stereocenters. The van der Waals surface area contributed by atoms with Crippen LogP contribution in [-0.4, -0.2) is 19.0 Å². The van der Waals surface area contributed by atoms with Gasteiger partial charge in [0.2, 0.25) is 5.91 Å². The van der Waals surface area contributed by atoms with E-state index in [0.29, 0.717) is 12.5 Å². The molecule has 1 rings (SSSR count). The van der Waals surface area contributed by atoms with Crippen molar-refractivity contribution in [2.75, 3.05) is 13.1 Å². The Balaban J connectivity index is 2.24. The van der Waals surface area contributed by atoms with Gasteiger partial charge >= 0.3 is 0 Å². The van der Waals surface area contributed by atoms with Crippen LogP contribution in [0.4, 0.5) is 0 Å². The zero-order valence-corrected chi connectivity index (χ0v) is 12.4. The third-order valence-corrected chi connectivity index (χ3v) is 4.24. The Labute approximate surface area is 114 Å². The highest BCUT2D eigenvalue weighted by atomic mass is 32.1. The normalized spacial score (nSPS) is 12.4. The van der Waals surface area contributed by atoms with Crippen LogP contribution in [0.2, 0.25) is 0 Å². The Morgan fingerprint density at radius 1 is 1.33 bits per heavy atom. The van der Waals surface area contributed by atoms with Crippen LogP contribution < -0.4 is 10.6 Å². The predicted octanol–water partition coefficient (Wildman–Crippen LogP) is 2.88. The molecule has 2 N–H and O–H groups in total. The lowest BCUT2D eigenvalue weighted by Crippen LogP contribution is -2.29. The van der Waals surface area contributed by atoms with Crippen LogP contribution in [0.15, 0.2) is 12.1 Å². The lowest BCUT2D eigenvalue weighted by molar-refractivity contribution is -0.121. The SMILES string of the molecule is CCCNC(=O)CCNC(C)c1ccc(CC)s1. The third-order valence-electron chi connectivity index (χ3n) is 2.83. The first-order chi connectivity index (χ1) is 8.67. The molecule has 0 aliphatic rings. The van der Waals surface area contributed by atoms with E-state index in [0.717, 1.165) is 25.9 Å². The van der Waals surface area contributed by atoms with Crippen molar-refractivity contribution in [2.45, 2.75) is 46.1 Å². The monoisotopic (exact) mass is 268 g/mol. The summed E-state index contributed by atoms with van der Waals surface area (Å²) in [5, 5.41) is 6.28. The number of nitrogens with one attached hydrogen (secondary N) is 2. The molecule has 1 atom stereocenters. The van der Waals surface area contributed by atoms with Gasteiger partial charge < -0.3 is 10.6 Å². The average Bonchev–Trinajstić information content (AvgIpc) is 2.85. The van der Waals surface area contributed by atoms with E-state index in [-0.39, 0.29) is 5.91 Å². The zero-order valence-electron chi connectivity index (χ0n) is 11.6. The molecule has 4 heteroatoms. The van der Waals surface area contributed by atoms with Crippen LogP contribution in [0, 0.1) is 0 Å². The molecular weight excluding hydrogens is 244 g/mol. The molecule has 0 fully saturated rings. The smallest absolute Gasteiger partial charge is 0.221 e. The highest BCUT2D eigenvalue weighted by molar-refractivity contribution is 7.12. The van der Waals surface area contributed by atoms with E-state index in [1.165, 1.54) is 9.75 Å². The van der Waals surface area contributed by atoms with Crippen molar-refractivity contribution in [3.8, 4) is 0 Å². The molecule has 1 heterocycles. The molecule has 1 amide bonds. The highest BCUT2D eigenvalue weighted by Crippen LogP contribution is 2.23. The first-order valence-corrected chi connectivity index (χ1v) is 7.57. The van der Waals surface area contributed by atoms with Crippen LogP contribution in [0.5, 0.6) is 0 Å². The number of hydrogen-bond acceptors (Lipinski definition) is 3. The first kappa shape index (κ1) is 15.2. The van der Waals surface area contributed by atoms with Crippen LogP contribution in [0.3, 0.4) is 0 Å². The number of thiophene rings is 1. The molecule has 1 aromatic heterocycles. The summed E-state index contributed by atoms with van der Waals surface area (Å²) in [5.41, 5.74) is 0. The highest BCUT2D eigenvalue weighted by Gasteiger charge is 2.08. The van der Waals surface area contributed by atoms with Crippen molar-refractivity contribution in [3.63, 3.8) is 0 Å². The fraction of sp³-hybridized carbons (Fsp3) is 0.643. The quantitative estimate of drug-likeness (QED) is 0.761. The second-order valence-electron chi connectivity index (χ2n) is 4.43. The topological polar surface area (TPSA) is 41.1 Å². The van der Waals surface area contributed by atoms with E-state index in [1.807, 2.05) is 11.3 Å². The van der Waals surface area contributed by atoms with Gasteiger partial charge in [0.15, 0.2) is 0 Å². The summed E-state index contributed by atoms with van der Waals surface area (Å²) in [6.07, 6.45) is 2.64. The maximum absolute atomic E-state index is 11.4. The summed E-state index contributed by atoms with van der Waals surface area (Å²) in [4.78, 5) is 14.2. The fourth-order valence-corrected chi connectivity index (χ4v) is 2.65. The molecule has 3 nitrogen and oxygen atoms in total. The number of hydrogen-bond donors (Lipinski definition) is 2. The van der Waals surface area contributed by atoms with Crippen molar-refractivity contribution in [1.82, 2.24) is 10.6 Å². The molecule has 0 aliphatic heterocycles. The summed E-state index contributed by atoms with van der Waals surface area (Å²) in [6, 6.07) is 4.69. The van der Waals surface area contributed by atoms with Crippen molar-refractivity contribution in [1.29, 1.82) is 0 Å². The molecule has 18 heavy (non-hydrogen) atoms. The van der Waals surface area contributed by atoms with Gasteiger partial charge in [0, 0.05) is 35.3 Å². The lowest BCUT2D eigenvalue weighted by Gasteiger charge is -2.11. The Morgan fingerprint density at radius 3 is 2.72 bits per heavy atom. The Morgan fingerprint density at radius 2 is 2.11 bits per heavy atom. The van der Waals surface area contributed by atoms with Crippen LogP contribution in [0.1, 0.15) is 49.4 Å². The summed E-state index contributed by atoms with van der Waals surface area (Å²) in [6.45, 7) is 7.89. The summed E-state index contributed by atoms with van der Waals surface area (Å²) in [5.74, 6) is 0.136. The average molecular weight is 268 g/mol. The first-order valence-electron chi connectivity index (χ1n) is 6.76. The second kappa shape index (κ2) is 8.27. The van der Waals surface area contributed by atoms with Gasteiger partial charge in [-0.05, 0) is 31.9 Å². The number of carbonyl (C=O) groups is 1. The number of aryl methyl sites for hydroxylation is 1. The Hall–Kier alpha value is -0.870. The van der Waals surface area contributed by atoms with Gasteiger partial charge in [-0.3, -0.25) is 4.79 Å². The Bertz CT molecular complexity index is 362. The molecule has 0 saturated heterocycles. The largest absolute Gasteiger partial charge is 0.356 e. The van der Waals surface area contributed by atoms with Crippen molar-refractivity contribution >= 4 is 17.2 Å². The molecule has 0 saturated carbocycles. The molecule has 0 bridgehead atoms. The summed E-state index contributed by atoms with van der Waals surface area (Å²) >= 11 is 1.85. The molecule has 0 radical (unpaired) electrons. The van der Waals surface area contributed by atoms with Gasteiger partial charge in [-0.2, -0.15) is 0 Å². The van der Waals surface area contributed by atoms with Gasteiger partial charge in [0.1, 0.15) is 0 Å². The van der Waals surface area contributed by atoms with E-state index in [1.54, 1.807) is 0 Å². The van der Waals surface area contributed by atoms with E-state index >= 15 is 0 Å². The maximum atomic E-state index is 11.4. The summed E-state index contributed by atoms with van der Waals surface area (Å²) in [7, 11) is 0. The van der Waals surface area contributed by atoms with E-state index < -0.39 is 0 Å². The minimum atomic E-state index is 0.136. The maximum Gasteiger partial charge on any atom is 0.221 e. The molecule has 0 aromatic carbocycles. The van der Waals surface area contributed by atoms with E-state index in [2.05, 4.69) is 43.5 Å². The second-order valence-corrected chi connectivity index (χ2v) is 5.63. The number of rotatable bonds is 8. The molecule has 0 aliphatic carbocycles. The van der Waals surface area contributed by atoms with Crippen LogP contribution in [0.25, 0.3) is 0 Å². The van der Waals surface area contributed by atoms with Gasteiger partial charge in [0.25, 0.3) is 0 Å². The van der Waals surface area contributed by atoms with Gasteiger partial charge in [-0.1, -0.05) is 13.8 Å². The van der Waals surface area contributed by atoms with Gasteiger partial charge in [-0.25, -0.2) is 0 Å². The zero-order chi connectivity index (χ0) is 13.4. The van der Waals surface area contributed by atoms with Crippen molar-refractivity contribution in [3.05, 3.63) is 21.9 Å². The molecule has 0 spiro atoms. The Kier molecular flexibility index (Phi) is 6.98. The third kappa shape index (κ3) is 5.19. The standard InChI is InChI=1S/C14H24N2OS/c1-4-9-16-14(17)8-10-15-11(3)13-7-6-12(5-2)18-13/h6-7,11,15H,4-5,8-10H2,1-3H3,(H,16,17). The minimum Gasteiger partial charge on any atom is -0.356 e. The summed E-state index contributed by atoms with van der Waals surface area (Å²) < 4.78 is 0. The van der Waals surface area contributed by atoms with E-state index in [9.17, 15) is 4.79 Å². The van der Waals surface area contributed by atoms with Gasteiger partial charge in [-0.15, -0.1) is 11.3 Å². The van der Waals surface area contributed by atoms with Gasteiger partial charge in [0.05, 0.1) is 0 Å². The lowest BCUT2D eigenvalue weighted by atomic mass is 10.2. The van der Waals surface area contributed by atoms with Crippen molar-refractivity contribution in [2.24, 2.45) is 0 Å². The predicted molar refractivity (Wildman–Crippen MR) is 78.0 cm³/mol.